The molecule has 0 aliphatic carbocycles. The van der Waals surface area contributed by atoms with Crippen LogP contribution in [-0.2, 0) is 20.9 Å². The number of pyridine rings is 1. The van der Waals surface area contributed by atoms with Gasteiger partial charge in [-0.05, 0) is 18.6 Å². The standard InChI is InChI=1S/C24H30F2N4O4/c1-4-33-9-10-34-20-8-6-15(12-27-20)18-11-19(31)30-23(29-18)21-17(25)7-5-16(22(21)26)13-28-24(32)14(2)3/h5-8,12,14,18,23,29H,4,9-11,13H2,1-3H3,(H,28,32)(H,30,31). The molecule has 2 atom stereocenters. The number of hydrogen-bond donors (Lipinski definition) is 3. The first-order valence-electron chi connectivity index (χ1n) is 11.3. The molecule has 2 amide bonds. The third kappa shape index (κ3) is 6.48. The second-order valence-corrected chi connectivity index (χ2v) is 8.21. The van der Waals surface area contributed by atoms with Crippen molar-refractivity contribution < 1.29 is 27.8 Å². The molecular weight excluding hydrogens is 446 g/mol. The molecule has 2 unspecified atom stereocenters. The van der Waals surface area contributed by atoms with E-state index in [1.807, 2.05) is 6.92 Å². The molecule has 1 aliphatic heterocycles. The van der Waals surface area contributed by atoms with Crippen molar-refractivity contribution in [2.24, 2.45) is 5.92 Å². The molecule has 1 aliphatic rings. The Morgan fingerprint density at radius 1 is 1.24 bits per heavy atom. The third-order valence-corrected chi connectivity index (χ3v) is 5.38. The summed E-state index contributed by atoms with van der Waals surface area (Å²) in [5, 5.41) is 8.31. The summed E-state index contributed by atoms with van der Waals surface area (Å²) in [4.78, 5) is 28.5. The van der Waals surface area contributed by atoms with Crippen LogP contribution < -0.4 is 20.7 Å². The lowest BCUT2D eigenvalue weighted by molar-refractivity contribution is -0.125. The highest BCUT2D eigenvalue weighted by Crippen LogP contribution is 2.29. The number of rotatable bonds is 10. The van der Waals surface area contributed by atoms with Gasteiger partial charge in [-0.1, -0.05) is 26.0 Å². The molecule has 34 heavy (non-hydrogen) atoms. The lowest BCUT2D eigenvalue weighted by atomic mass is 9.98. The number of amides is 2. The Hall–Kier alpha value is -3.11. The van der Waals surface area contributed by atoms with Crippen LogP contribution in [0, 0.1) is 17.6 Å². The number of nitrogens with one attached hydrogen (secondary N) is 3. The van der Waals surface area contributed by atoms with Crippen molar-refractivity contribution in [3.05, 3.63) is 58.8 Å². The van der Waals surface area contributed by atoms with Crippen molar-refractivity contribution in [2.75, 3.05) is 19.8 Å². The van der Waals surface area contributed by atoms with E-state index < -0.39 is 23.8 Å². The smallest absolute Gasteiger partial charge is 0.223 e. The van der Waals surface area contributed by atoms with E-state index in [4.69, 9.17) is 9.47 Å². The number of benzene rings is 1. The van der Waals surface area contributed by atoms with Gasteiger partial charge in [-0.3, -0.25) is 14.9 Å². The van der Waals surface area contributed by atoms with E-state index in [9.17, 15) is 14.0 Å². The number of nitrogens with zero attached hydrogens (tertiary/aromatic N) is 1. The van der Waals surface area contributed by atoms with E-state index >= 15 is 4.39 Å². The molecule has 0 bridgehead atoms. The van der Waals surface area contributed by atoms with Gasteiger partial charge in [0, 0.05) is 49.4 Å². The summed E-state index contributed by atoms with van der Waals surface area (Å²) in [6, 6.07) is 5.32. The fourth-order valence-corrected chi connectivity index (χ4v) is 3.51. The van der Waals surface area contributed by atoms with Gasteiger partial charge < -0.3 is 20.1 Å². The van der Waals surface area contributed by atoms with Crippen molar-refractivity contribution >= 4 is 11.8 Å². The molecule has 1 aromatic carbocycles. The topological polar surface area (TPSA) is 102 Å². The summed E-state index contributed by atoms with van der Waals surface area (Å²) >= 11 is 0. The summed E-state index contributed by atoms with van der Waals surface area (Å²) in [5.74, 6) is -2.08. The van der Waals surface area contributed by atoms with E-state index in [-0.39, 0.29) is 41.8 Å². The van der Waals surface area contributed by atoms with Crippen LogP contribution in [0.2, 0.25) is 0 Å². The third-order valence-electron chi connectivity index (χ3n) is 5.38. The van der Waals surface area contributed by atoms with Crippen LogP contribution >= 0.6 is 0 Å². The van der Waals surface area contributed by atoms with Gasteiger partial charge in [-0.15, -0.1) is 0 Å². The number of aromatic nitrogens is 1. The lowest BCUT2D eigenvalue weighted by Crippen LogP contribution is -2.47. The fraction of sp³-hybridized carbons (Fsp3) is 0.458. The van der Waals surface area contributed by atoms with Gasteiger partial charge in [0.25, 0.3) is 0 Å². The normalized spacial score (nSPS) is 18.0. The highest BCUT2D eigenvalue weighted by atomic mass is 19.1. The Morgan fingerprint density at radius 2 is 2.03 bits per heavy atom. The zero-order chi connectivity index (χ0) is 24.7. The SMILES string of the molecule is CCOCCOc1ccc(C2CC(=O)NC(c3c(F)ccc(CNC(=O)C(C)C)c3F)N2)cn1. The molecule has 0 radical (unpaired) electrons. The zero-order valence-electron chi connectivity index (χ0n) is 19.5. The van der Waals surface area contributed by atoms with E-state index in [2.05, 4.69) is 20.9 Å². The van der Waals surface area contributed by atoms with Crippen molar-refractivity contribution in [3.8, 4) is 5.88 Å². The Bertz CT molecular complexity index is 1000. The summed E-state index contributed by atoms with van der Waals surface area (Å²) in [6.45, 7) is 6.65. The van der Waals surface area contributed by atoms with Crippen LogP contribution in [0.4, 0.5) is 8.78 Å². The first kappa shape index (κ1) is 25.5. The summed E-state index contributed by atoms with van der Waals surface area (Å²) in [7, 11) is 0. The molecule has 3 N–H and O–H groups in total. The number of carbonyl (C=O) groups is 2. The van der Waals surface area contributed by atoms with Gasteiger partial charge in [-0.25, -0.2) is 13.8 Å². The average Bonchev–Trinajstić information content (AvgIpc) is 2.81. The van der Waals surface area contributed by atoms with Crippen molar-refractivity contribution in [3.63, 3.8) is 0 Å². The second kappa shape index (κ2) is 11.8. The minimum atomic E-state index is -1.09. The van der Waals surface area contributed by atoms with Crippen LogP contribution in [0.1, 0.15) is 56.1 Å². The highest BCUT2D eigenvalue weighted by molar-refractivity contribution is 5.78. The van der Waals surface area contributed by atoms with Crippen molar-refractivity contribution in [1.82, 2.24) is 20.9 Å². The molecule has 1 aromatic heterocycles. The molecule has 0 spiro atoms. The van der Waals surface area contributed by atoms with Gasteiger partial charge in [0.1, 0.15) is 24.4 Å². The Labute approximate surface area is 197 Å². The maximum atomic E-state index is 15.2. The minimum Gasteiger partial charge on any atom is -0.475 e. The van der Waals surface area contributed by atoms with Crippen molar-refractivity contribution in [1.29, 1.82) is 0 Å². The molecule has 3 rings (SSSR count). The number of halogens is 2. The largest absolute Gasteiger partial charge is 0.475 e. The first-order valence-corrected chi connectivity index (χ1v) is 11.3. The maximum absolute atomic E-state index is 15.2. The summed E-state index contributed by atoms with van der Waals surface area (Å²) < 4.78 is 40.6. The Balaban J connectivity index is 1.74. The number of ether oxygens (including phenoxy) is 2. The van der Waals surface area contributed by atoms with E-state index in [0.717, 1.165) is 6.07 Å². The summed E-state index contributed by atoms with van der Waals surface area (Å²) in [6.07, 6.45) is 0.554. The fourth-order valence-electron chi connectivity index (χ4n) is 3.51. The van der Waals surface area contributed by atoms with E-state index in [1.54, 1.807) is 32.2 Å². The predicted molar refractivity (Wildman–Crippen MR) is 121 cm³/mol. The molecule has 184 valence electrons. The van der Waals surface area contributed by atoms with Crippen LogP contribution in [0.5, 0.6) is 5.88 Å². The highest BCUT2D eigenvalue weighted by Gasteiger charge is 2.32. The number of hydrogen-bond acceptors (Lipinski definition) is 6. The zero-order valence-corrected chi connectivity index (χ0v) is 19.5. The van der Waals surface area contributed by atoms with Gasteiger partial charge in [0.2, 0.25) is 17.7 Å². The second-order valence-electron chi connectivity index (χ2n) is 8.21. The monoisotopic (exact) mass is 476 g/mol. The van der Waals surface area contributed by atoms with Crippen molar-refractivity contribution in [2.45, 2.75) is 45.9 Å². The van der Waals surface area contributed by atoms with Crippen LogP contribution in [0.25, 0.3) is 0 Å². The quantitative estimate of drug-likeness (QED) is 0.456. The Morgan fingerprint density at radius 3 is 2.71 bits per heavy atom. The van der Waals surface area contributed by atoms with Gasteiger partial charge >= 0.3 is 0 Å². The van der Waals surface area contributed by atoms with Crippen LogP contribution in [-0.4, -0.2) is 36.6 Å². The molecule has 1 saturated heterocycles. The minimum absolute atomic E-state index is 0.0795. The Kier molecular flexibility index (Phi) is 8.89. The molecule has 2 aromatic rings. The van der Waals surface area contributed by atoms with Crippen LogP contribution in [0.3, 0.4) is 0 Å². The molecule has 10 heteroatoms. The molecule has 0 saturated carbocycles. The molecular formula is C24H30F2N4O4. The van der Waals surface area contributed by atoms with E-state index in [0.29, 0.717) is 31.3 Å². The lowest BCUT2D eigenvalue weighted by Gasteiger charge is -2.32. The van der Waals surface area contributed by atoms with Crippen LogP contribution in [0.15, 0.2) is 30.5 Å². The molecule has 2 heterocycles. The first-order chi connectivity index (χ1) is 16.3. The average molecular weight is 477 g/mol. The maximum Gasteiger partial charge on any atom is 0.223 e. The van der Waals surface area contributed by atoms with Gasteiger partial charge in [0.15, 0.2) is 0 Å². The molecule has 1 fully saturated rings. The predicted octanol–water partition coefficient (Wildman–Crippen LogP) is 2.90. The van der Waals surface area contributed by atoms with Gasteiger partial charge in [0.05, 0.1) is 12.2 Å². The summed E-state index contributed by atoms with van der Waals surface area (Å²) in [5.41, 5.74) is 0.496. The van der Waals surface area contributed by atoms with E-state index in [1.165, 1.54) is 6.07 Å². The number of carbonyl (C=O) groups excluding carboxylic acids is 2. The van der Waals surface area contributed by atoms with Gasteiger partial charge in [-0.2, -0.15) is 0 Å². The molecule has 8 nitrogen and oxygen atoms in total.